The van der Waals surface area contributed by atoms with E-state index in [9.17, 15) is 4.79 Å². The summed E-state index contributed by atoms with van der Waals surface area (Å²) in [6, 6.07) is 15.0. The van der Waals surface area contributed by atoms with E-state index in [2.05, 4.69) is 105 Å². The highest BCUT2D eigenvalue weighted by molar-refractivity contribution is 6.94. The van der Waals surface area contributed by atoms with Crippen molar-refractivity contribution in [1.82, 2.24) is 0 Å². The number of carbonyl (C=O) groups is 1. The van der Waals surface area contributed by atoms with Crippen LogP contribution in [0, 0.1) is 0 Å². The van der Waals surface area contributed by atoms with Gasteiger partial charge < -0.3 is 4.74 Å². The molecule has 0 bridgehead atoms. The number of allylic oxidation sites excluding steroid dienone is 1. The zero-order valence-corrected chi connectivity index (χ0v) is 21.9. The molecule has 0 saturated heterocycles. The summed E-state index contributed by atoms with van der Waals surface area (Å²) in [6.45, 7) is 20.3. The highest BCUT2D eigenvalue weighted by atomic mass is 28.3. The van der Waals surface area contributed by atoms with E-state index < -0.39 is 13.7 Å². The molecule has 0 fully saturated rings. The first-order chi connectivity index (χ1) is 14.5. The standard InChI is InChI=1S/C28H40O2Si/c1-18(2)30-28(9)17-25(29)27(31(19(3)4,20(5)6)21(7)8)26(28)24-16-12-14-22-13-10-11-15-23(22)24/h10-16,18-21H,17H2,1-9H3/t28-/m1/s1. The molecule has 0 heterocycles. The number of Topliss-reactive ketones (excluding diaryl/α,β-unsaturated/α-hetero) is 1. The first-order valence-electron chi connectivity index (χ1n) is 11.9. The molecule has 0 aliphatic heterocycles. The van der Waals surface area contributed by atoms with Gasteiger partial charge in [0.1, 0.15) is 0 Å². The molecule has 0 N–H and O–H groups in total. The number of ether oxygens (including phenoxy) is 1. The van der Waals surface area contributed by atoms with E-state index in [0.717, 1.165) is 5.20 Å². The van der Waals surface area contributed by atoms with Crippen LogP contribution in [0.4, 0.5) is 0 Å². The average Bonchev–Trinajstić information content (AvgIpc) is 2.90. The van der Waals surface area contributed by atoms with Gasteiger partial charge >= 0.3 is 0 Å². The Balaban J connectivity index is 2.50. The lowest BCUT2D eigenvalue weighted by atomic mass is 9.88. The van der Waals surface area contributed by atoms with Crippen LogP contribution in [0.1, 0.15) is 74.3 Å². The third-order valence-electron chi connectivity index (χ3n) is 7.41. The fraction of sp³-hybridized carbons (Fsp3) is 0.536. The minimum Gasteiger partial charge on any atom is -0.367 e. The summed E-state index contributed by atoms with van der Waals surface area (Å²) in [7, 11) is -2.18. The smallest absolute Gasteiger partial charge is 0.158 e. The Hall–Kier alpha value is -1.71. The molecular weight excluding hydrogens is 396 g/mol. The van der Waals surface area contributed by atoms with Crippen molar-refractivity contribution in [3.63, 3.8) is 0 Å². The molecule has 0 amide bonds. The van der Waals surface area contributed by atoms with Crippen molar-refractivity contribution in [3.05, 3.63) is 53.2 Å². The molecule has 0 radical (unpaired) electrons. The first kappa shape index (κ1) is 23.9. The Labute approximate surface area is 190 Å². The lowest BCUT2D eigenvalue weighted by Crippen LogP contribution is -2.48. The van der Waals surface area contributed by atoms with Crippen molar-refractivity contribution >= 4 is 30.2 Å². The van der Waals surface area contributed by atoms with Crippen LogP contribution >= 0.6 is 0 Å². The maximum absolute atomic E-state index is 13.9. The quantitative estimate of drug-likeness (QED) is 0.411. The number of hydrogen-bond donors (Lipinski definition) is 0. The fourth-order valence-electron chi connectivity index (χ4n) is 6.69. The Morgan fingerprint density at radius 2 is 1.39 bits per heavy atom. The van der Waals surface area contributed by atoms with Crippen molar-refractivity contribution in [3.8, 4) is 0 Å². The van der Waals surface area contributed by atoms with E-state index in [1.54, 1.807) is 0 Å². The summed E-state index contributed by atoms with van der Waals surface area (Å²) in [5.74, 6) is 0.314. The van der Waals surface area contributed by atoms with E-state index >= 15 is 0 Å². The van der Waals surface area contributed by atoms with Crippen molar-refractivity contribution in [2.24, 2.45) is 0 Å². The van der Waals surface area contributed by atoms with Crippen LogP contribution in [-0.4, -0.2) is 25.6 Å². The van der Waals surface area contributed by atoms with Gasteiger partial charge in [-0.15, -0.1) is 0 Å². The van der Waals surface area contributed by atoms with Gasteiger partial charge in [0.2, 0.25) is 0 Å². The van der Waals surface area contributed by atoms with Gasteiger partial charge in [0.15, 0.2) is 5.78 Å². The molecule has 3 rings (SSSR count). The van der Waals surface area contributed by atoms with Crippen LogP contribution in [0.15, 0.2) is 47.7 Å². The highest BCUT2D eigenvalue weighted by Gasteiger charge is 2.56. The Morgan fingerprint density at radius 3 is 1.94 bits per heavy atom. The summed E-state index contributed by atoms with van der Waals surface area (Å²) in [6.07, 6.45) is 0.496. The fourth-order valence-corrected chi connectivity index (χ4v) is 13.8. The van der Waals surface area contributed by atoms with Crippen molar-refractivity contribution in [1.29, 1.82) is 0 Å². The van der Waals surface area contributed by atoms with Crippen LogP contribution in [0.25, 0.3) is 16.3 Å². The molecule has 0 saturated carbocycles. The third kappa shape index (κ3) is 3.85. The molecular formula is C28H40O2Si. The Kier molecular flexibility index (Phi) is 6.70. The Morgan fingerprint density at radius 1 is 0.839 bits per heavy atom. The van der Waals surface area contributed by atoms with Gasteiger partial charge in [0.25, 0.3) is 0 Å². The molecule has 31 heavy (non-hydrogen) atoms. The second kappa shape index (κ2) is 8.67. The van der Waals surface area contributed by atoms with Gasteiger partial charge in [0, 0.05) is 6.42 Å². The van der Waals surface area contributed by atoms with Gasteiger partial charge in [0.05, 0.1) is 19.8 Å². The molecule has 3 heteroatoms. The molecule has 2 aromatic carbocycles. The first-order valence-corrected chi connectivity index (χ1v) is 14.1. The monoisotopic (exact) mass is 436 g/mol. The maximum Gasteiger partial charge on any atom is 0.158 e. The van der Waals surface area contributed by atoms with Crippen LogP contribution in [0.3, 0.4) is 0 Å². The summed E-state index contributed by atoms with van der Waals surface area (Å²) < 4.78 is 6.59. The highest BCUT2D eigenvalue weighted by Crippen LogP contribution is 2.55. The molecule has 1 aliphatic carbocycles. The van der Waals surface area contributed by atoms with Crippen molar-refractivity contribution in [2.45, 2.75) is 97.1 Å². The molecule has 0 spiro atoms. The summed E-state index contributed by atoms with van der Waals surface area (Å²) >= 11 is 0. The van der Waals surface area contributed by atoms with E-state index in [0.29, 0.717) is 28.8 Å². The average molecular weight is 437 g/mol. The topological polar surface area (TPSA) is 26.3 Å². The number of ketones is 1. The zero-order valence-electron chi connectivity index (χ0n) is 20.9. The Bertz CT molecular complexity index is 972. The minimum absolute atomic E-state index is 0.0512. The van der Waals surface area contributed by atoms with E-state index in [1.165, 1.54) is 21.9 Å². The number of fused-ring (bicyclic) bond motifs is 1. The van der Waals surface area contributed by atoms with Gasteiger partial charge in [-0.25, -0.2) is 0 Å². The maximum atomic E-state index is 13.9. The van der Waals surface area contributed by atoms with Crippen LogP contribution in [0.2, 0.25) is 16.6 Å². The van der Waals surface area contributed by atoms with Gasteiger partial charge in [-0.2, -0.15) is 0 Å². The summed E-state index contributed by atoms with van der Waals surface area (Å²) in [5.41, 5.74) is 3.17. The molecule has 1 atom stereocenters. The summed E-state index contributed by atoms with van der Waals surface area (Å²) in [4.78, 5) is 13.9. The number of rotatable bonds is 7. The lowest BCUT2D eigenvalue weighted by Gasteiger charge is -2.45. The zero-order chi connectivity index (χ0) is 23.1. The molecule has 0 aromatic heterocycles. The predicted molar refractivity (Wildman–Crippen MR) is 136 cm³/mol. The van der Waals surface area contributed by atoms with Gasteiger partial charge in [-0.05, 0) is 64.5 Å². The second-order valence-electron chi connectivity index (χ2n) is 10.7. The molecule has 168 valence electrons. The lowest BCUT2D eigenvalue weighted by molar-refractivity contribution is -0.118. The van der Waals surface area contributed by atoms with Crippen LogP contribution in [0.5, 0.6) is 0 Å². The van der Waals surface area contributed by atoms with Crippen LogP contribution in [-0.2, 0) is 9.53 Å². The largest absolute Gasteiger partial charge is 0.367 e. The number of benzene rings is 2. The normalized spacial score (nSPS) is 20.4. The predicted octanol–water partition coefficient (Wildman–Crippen LogP) is 7.97. The number of hydrogen-bond acceptors (Lipinski definition) is 2. The van der Waals surface area contributed by atoms with E-state index in [-0.39, 0.29) is 6.10 Å². The number of carbonyl (C=O) groups excluding carboxylic acids is 1. The van der Waals surface area contributed by atoms with Crippen molar-refractivity contribution in [2.75, 3.05) is 0 Å². The van der Waals surface area contributed by atoms with Gasteiger partial charge in [-0.3, -0.25) is 4.79 Å². The molecule has 0 unspecified atom stereocenters. The van der Waals surface area contributed by atoms with E-state index in [4.69, 9.17) is 4.74 Å². The van der Waals surface area contributed by atoms with Crippen molar-refractivity contribution < 1.29 is 9.53 Å². The molecule has 2 nitrogen and oxygen atoms in total. The van der Waals surface area contributed by atoms with E-state index in [1.807, 2.05) is 0 Å². The minimum atomic E-state index is -2.18. The second-order valence-corrected chi connectivity index (χ2v) is 16.5. The summed E-state index contributed by atoms with van der Waals surface area (Å²) in [5, 5.41) is 3.57. The van der Waals surface area contributed by atoms with Crippen LogP contribution < -0.4 is 0 Å². The molecule has 1 aliphatic rings. The third-order valence-corrected chi connectivity index (χ3v) is 14.5. The molecule has 2 aromatic rings. The SMILES string of the molecule is CC(C)O[C@]1(C)CC(=O)C([Si](C(C)C)(C(C)C)C(C)C)=C1c1cccc2ccccc12. The van der Waals surface area contributed by atoms with Gasteiger partial charge in [-0.1, -0.05) is 84.0 Å².